The molecule has 1 aromatic heterocycles. The zero-order valence-electron chi connectivity index (χ0n) is 16.5. The highest BCUT2D eigenvalue weighted by Gasteiger charge is 2.29. The molecule has 1 aromatic carbocycles. The van der Waals surface area contributed by atoms with Gasteiger partial charge in [0.1, 0.15) is 5.82 Å². The number of primary amides is 1. The monoisotopic (exact) mass is 416 g/mol. The molecule has 2 fully saturated rings. The molecule has 9 nitrogen and oxygen atoms in total. The molecular weight excluding hydrogens is 391 g/mol. The van der Waals surface area contributed by atoms with E-state index in [-0.39, 0.29) is 35.7 Å². The van der Waals surface area contributed by atoms with E-state index in [1.165, 1.54) is 12.1 Å². The fraction of sp³-hybridized carbons (Fsp3) is 0.500. The van der Waals surface area contributed by atoms with Crippen LogP contribution in [0.4, 0.5) is 9.18 Å². The Kier molecular flexibility index (Phi) is 5.93. The van der Waals surface area contributed by atoms with Gasteiger partial charge in [0.05, 0.1) is 18.3 Å². The van der Waals surface area contributed by atoms with Gasteiger partial charge in [0.25, 0.3) is 5.91 Å². The molecule has 0 bridgehead atoms. The highest BCUT2D eigenvalue weighted by atomic mass is 19.1. The molecule has 2 aliphatic rings. The van der Waals surface area contributed by atoms with Gasteiger partial charge < -0.3 is 20.7 Å². The SMILES string of the molecule is NC(=O)c1cn(C2CCN(C(=O)NC3CCOC(c4ccc(F)cc4)C3)CC2)nn1. The maximum atomic E-state index is 13.1. The number of hydrogen-bond donors (Lipinski definition) is 2. The first kappa shape index (κ1) is 20.3. The van der Waals surface area contributed by atoms with Crippen molar-refractivity contribution in [2.24, 2.45) is 5.73 Å². The van der Waals surface area contributed by atoms with E-state index in [0.717, 1.165) is 24.8 Å². The molecule has 10 heteroatoms. The fourth-order valence-electron chi connectivity index (χ4n) is 4.01. The number of likely N-dealkylation sites (tertiary alicyclic amines) is 1. The van der Waals surface area contributed by atoms with Gasteiger partial charge in [-0.05, 0) is 43.4 Å². The minimum Gasteiger partial charge on any atom is -0.373 e. The number of carbonyl (C=O) groups is 2. The van der Waals surface area contributed by atoms with Gasteiger partial charge in [-0.15, -0.1) is 5.10 Å². The number of rotatable bonds is 4. The number of halogens is 1. The van der Waals surface area contributed by atoms with E-state index in [0.29, 0.717) is 26.1 Å². The van der Waals surface area contributed by atoms with Crippen molar-refractivity contribution in [2.45, 2.75) is 43.9 Å². The van der Waals surface area contributed by atoms with E-state index in [2.05, 4.69) is 15.6 Å². The molecule has 3 heterocycles. The van der Waals surface area contributed by atoms with Crippen molar-refractivity contribution in [2.75, 3.05) is 19.7 Å². The van der Waals surface area contributed by atoms with Gasteiger partial charge in [-0.25, -0.2) is 13.9 Å². The molecule has 0 saturated carbocycles. The Hall–Kier alpha value is -3.01. The molecule has 3 N–H and O–H groups in total. The number of amides is 3. The van der Waals surface area contributed by atoms with E-state index in [1.54, 1.807) is 27.9 Å². The summed E-state index contributed by atoms with van der Waals surface area (Å²) in [6.07, 6.45) is 4.25. The van der Waals surface area contributed by atoms with Crippen LogP contribution in [0.3, 0.4) is 0 Å². The van der Waals surface area contributed by atoms with Gasteiger partial charge in [-0.3, -0.25) is 4.79 Å². The molecule has 2 aliphatic heterocycles. The van der Waals surface area contributed by atoms with Crippen LogP contribution >= 0.6 is 0 Å². The number of aromatic nitrogens is 3. The second kappa shape index (κ2) is 8.78. The standard InChI is InChI=1S/C20H25FN6O3/c21-14-3-1-13(2-4-14)18-11-15(7-10-30-18)23-20(29)26-8-5-16(6-9-26)27-12-17(19(22)28)24-25-27/h1-4,12,15-16,18H,5-11H2,(H2,22,28)(H,23,29). The Bertz CT molecular complexity index is 894. The predicted molar refractivity (Wildman–Crippen MR) is 105 cm³/mol. The van der Waals surface area contributed by atoms with Crippen LogP contribution in [0.5, 0.6) is 0 Å². The van der Waals surface area contributed by atoms with E-state index in [1.807, 2.05) is 0 Å². The summed E-state index contributed by atoms with van der Waals surface area (Å²) in [5, 5.41) is 10.9. The van der Waals surface area contributed by atoms with E-state index >= 15 is 0 Å². The number of urea groups is 1. The molecule has 0 spiro atoms. The van der Waals surface area contributed by atoms with Crippen LogP contribution < -0.4 is 11.1 Å². The molecule has 2 unspecified atom stereocenters. The van der Waals surface area contributed by atoms with Gasteiger partial charge in [-0.2, -0.15) is 0 Å². The van der Waals surface area contributed by atoms with Crippen molar-refractivity contribution in [3.63, 3.8) is 0 Å². The number of nitrogens with zero attached hydrogens (tertiary/aromatic N) is 4. The molecule has 2 atom stereocenters. The molecule has 2 aromatic rings. The molecular formula is C20H25FN6O3. The number of nitrogens with one attached hydrogen (secondary N) is 1. The van der Waals surface area contributed by atoms with Crippen LogP contribution in [-0.2, 0) is 4.74 Å². The first-order chi connectivity index (χ1) is 14.5. The average molecular weight is 416 g/mol. The van der Waals surface area contributed by atoms with Crippen LogP contribution in [0.1, 0.15) is 53.9 Å². The minimum atomic E-state index is -0.603. The predicted octanol–water partition coefficient (Wildman–Crippen LogP) is 1.78. The maximum Gasteiger partial charge on any atom is 0.317 e. The minimum absolute atomic E-state index is 0.00691. The summed E-state index contributed by atoms with van der Waals surface area (Å²) in [6, 6.07) is 6.30. The zero-order chi connectivity index (χ0) is 21.1. The van der Waals surface area contributed by atoms with E-state index in [4.69, 9.17) is 10.5 Å². The third-order valence-electron chi connectivity index (χ3n) is 5.74. The first-order valence-corrected chi connectivity index (χ1v) is 10.1. The van der Waals surface area contributed by atoms with Crippen molar-refractivity contribution < 1.29 is 18.7 Å². The Morgan fingerprint density at radius 1 is 1.17 bits per heavy atom. The second-order valence-electron chi connectivity index (χ2n) is 7.75. The smallest absolute Gasteiger partial charge is 0.317 e. The molecule has 3 amide bonds. The highest BCUT2D eigenvalue weighted by molar-refractivity contribution is 5.90. The molecule has 160 valence electrons. The second-order valence-corrected chi connectivity index (χ2v) is 7.75. The lowest BCUT2D eigenvalue weighted by Crippen LogP contribution is -2.49. The Labute approximate surface area is 173 Å². The Morgan fingerprint density at radius 3 is 2.57 bits per heavy atom. The summed E-state index contributed by atoms with van der Waals surface area (Å²) >= 11 is 0. The van der Waals surface area contributed by atoms with Crippen molar-refractivity contribution in [1.82, 2.24) is 25.2 Å². The summed E-state index contributed by atoms with van der Waals surface area (Å²) in [7, 11) is 0. The molecule has 0 aliphatic carbocycles. The van der Waals surface area contributed by atoms with E-state index in [9.17, 15) is 14.0 Å². The van der Waals surface area contributed by atoms with Gasteiger partial charge >= 0.3 is 6.03 Å². The number of benzene rings is 1. The molecule has 0 radical (unpaired) electrons. The third kappa shape index (κ3) is 4.59. The number of carbonyl (C=O) groups excluding carboxylic acids is 2. The van der Waals surface area contributed by atoms with Crippen LogP contribution in [0.25, 0.3) is 0 Å². The van der Waals surface area contributed by atoms with Gasteiger partial charge in [-0.1, -0.05) is 17.3 Å². The summed E-state index contributed by atoms with van der Waals surface area (Å²) in [5.74, 6) is -0.881. The summed E-state index contributed by atoms with van der Waals surface area (Å²) in [5.41, 5.74) is 6.28. The third-order valence-corrected chi connectivity index (χ3v) is 5.74. The number of hydrogen-bond acceptors (Lipinski definition) is 5. The lowest BCUT2D eigenvalue weighted by Gasteiger charge is -2.35. The Morgan fingerprint density at radius 2 is 1.90 bits per heavy atom. The lowest BCUT2D eigenvalue weighted by molar-refractivity contribution is 0.00124. The quantitative estimate of drug-likeness (QED) is 0.788. The van der Waals surface area contributed by atoms with Crippen LogP contribution in [-0.4, -0.2) is 57.6 Å². The van der Waals surface area contributed by atoms with Crippen molar-refractivity contribution in [1.29, 1.82) is 0 Å². The van der Waals surface area contributed by atoms with Gasteiger partial charge in [0.2, 0.25) is 0 Å². The van der Waals surface area contributed by atoms with Crippen molar-refractivity contribution in [3.8, 4) is 0 Å². The van der Waals surface area contributed by atoms with Crippen LogP contribution in [0.15, 0.2) is 30.5 Å². The lowest BCUT2D eigenvalue weighted by atomic mass is 9.97. The highest BCUT2D eigenvalue weighted by Crippen LogP contribution is 2.29. The van der Waals surface area contributed by atoms with Crippen LogP contribution in [0.2, 0.25) is 0 Å². The topological polar surface area (TPSA) is 115 Å². The summed E-state index contributed by atoms with van der Waals surface area (Å²) < 4.78 is 20.6. The largest absolute Gasteiger partial charge is 0.373 e. The van der Waals surface area contributed by atoms with Gasteiger partial charge in [0.15, 0.2) is 5.69 Å². The molecule has 4 rings (SSSR count). The van der Waals surface area contributed by atoms with Gasteiger partial charge in [0, 0.05) is 25.7 Å². The average Bonchev–Trinajstić information content (AvgIpc) is 3.25. The number of piperidine rings is 1. The first-order valence-electron chi connectivity index (χ1n) is 10.1. The zero-order valence-corrected chi connectivity index (χ0v) is 16.5. The molecule has 30 heavy (non-hydrogen) atoms. The number of nitrogens with two attached hydrogens (primary N) is 1. The van der Waals surface area contributed by atoms with Crippen LogP contribution in [0, 0.1) is 5.82 Å². The summed E-state index contributed by atoms with van der Waals surface area (Å²) in [4.78, 5) is 25.7. The maximum absolute atomic E-state index is 13.1. The summed E-state index contributed by atoms with van der Waals surface area (Å²) in [6.45, 7) is 1.73. The van der Waals surface area contributed by atoms with Crippen molar-refractivity contribution in [3.05, 3.63) is 47.5 Å². The van der Waals surface area contributed by atoms with Crippen molar-refractivity contribution >= 4 is 11.9 Å². The van der Waals surface area contributed by atoms with E-state index < -0.39 is 5.91 Å². The fourth-order valence-corrected chi connectivity index (χ4v) is 4.01. The number of ether oxygens (including phenoxy) is 1. The Balaban J connectivity index is 1.28. The normalized spacial score (nSPS) is 22.6. The molecule has 2 saturated heterocycles.